The Morgan fingerprint density at radius 1 is 0.819 bits per heavy atom. The van der Waals surface area contributed by atoms with Crippen LogP contribution in [0.1, 0.15) is 83.2 Å². The number of aromatic nitrogens is 2. The molecule has 0 aliphatic carbocycles. The molecule has 0 saturated carbocycles. The monoisotopic (exact) mass is 1020 g/mol. The van der Waals surface area contributed by atoms with Crippen LogP contribution in [0.4, 0.5) is 0 Å². The van der Waals surface area contributed by atoms with E-state index < -0.39 is 120 Å². The van der Waals surface area contributed by atoms with E-state index in [9.17, 15) is 53.4 Å². The summed E-state index contributed by atoms with van der Waals surface area (Å²) in [5, 5.41) is 37.5. The lowest BCUT2D eigenvalue weighted by Crippen LogP contribution is -2.60. The molecule has 1 saturated heterocycles. The van der Waals surface area contributed by atoms with Crippen molar-refractivity contribution in [2.75, 3.05) is 45.8 Å². The number of carbonyl (C=O) groups excluding carboxylic acids is 8. The van der Waals surface area contributed by atoms with Crippen LogP contribution in [-0.2, 0) is 49.6 Å². The number of carboxylic acid groups (broad SMARTS) is 1. The Hall–Kier alpha value is -6.79. The van der Waals surface area contributed by atoms with E-state index >= 15 is 0 Å². The van der Waals surface area contributed by atoms with Gasteiger partial charge in [-0.3, -0.25) is 43.3 Å². The van der Waals surface area contributed by atoms with Gasteiger partial charge in [-0.2, -0.15) is 0 Å². The smallest absolute Gasteiger partial charge is 0.352 e. The Morgan fingerprint density at radius 2 is 1.49 bits per heavy atom. The summed E-state index contributed by atoms with van der Waals surface area (Å²) in [5.74, 6) is -8.00. The third kappa shape index (κ3) is 21.7. The second-order valence-electron chi connectivity index (χ2n) is 17.1. The molecule has 0 aromatic carbocycles. The first-order chi connectivity index (χ1) is 34.3. The number of aliphatic imine (C=N–C) groups is 1. The fourth-order valence-electron chi connectivity index (χ4n) is 7.33. The predicted molar refractivity (Wildman–Crippen MR) is 262 cm³/mol. The quantitative estimate of drug-likeness (QED) is 0.0132. The van der Waals surface area contributed by atoms with Gasteiger partial charge in [0.25, 0.3) is 0 Å². The number of nitrogens with two attached hydrogens (primary N) is 7. The first-order valence-electron chi connectivity index (χ1n) is 23.9. The molecule has 0 spiro atoms. The summed E-state index contributed by atoms with van der Waals surface area (Å²) in [7, 11) is 0. The molecule has 1 fully saturated rings. The van der Waals surface area contributed by atoms with Crippen molar-refractivity contribution in [3.63, 3.8) is 0 Å². The molecule has 1 aromatic heterocycles. The maximum Gasteiger partial charge on any atom is 0.352 e. The van der Waals surface area contributed by atoms with Gasteiger partial charge in [-0.1, -0.05) is 12.5 Å². The first-order valence-corrected chi connectivity index (χ1v) is 23.9. The summed E-state index contributed by atoms with van der Waals surface area (Å²) in [6, 6.07) is -8.80. The number of H-pyrrole nitrogens is 1. The number of aliphatic hydroxyl groups excluding tert-OH is 1. The number of carboxylic acids is 1. The lowest BCUT2D eigenvalue weighted by Gasteiger charge is -2.30. The molecule has 0 bridgehead atoms. The van der Waals surface area contributed by atoms with Crippen molar-refractivity contribution >= 4 is 59.2 Å². The van der Waals surface area contributed by atoms with Crippen LogP contribution in [0.2, 0.25) is 0 Å². The molecule has 2 heterocycles. The van der Waals surface area contributed by atoms with E-state index in [1.54, 1.807) is 0 Å². The minimum Gasteiger partial charge on any atom is -0.477 e. The molecule has 29 heteroatoms. The zero-order valence-corrected chi connectivity index (χ0v) is 40.7. The van der Waals surface area contributed by atoms with Crippen LogP contribution in [0.5, 0.6) is 0 Å². The lowest BCUT2D eigenvalue weighted by atomic mass is 10.1. The summed E-state index contributed by atoms with van der Waals surface area (Å²) in [6.45, 7) is 1.19. The Morgan fingerprint density at radius 3 is 2.10 bits per heavy atom. The number of aliphatic carboxylic acids is 1. The van der Waals surface area contributed by atoms with E-state index in [-0.39, 0.29) is 77.1 Å². The number of unbranched alkanes of at least 4 members (excludes halogenated alkanes) is 2. The minimum atomic E-state index is -1.56. The van der Waals surface area contributed by atoms with Gasteiger partial charge in [-0.05, 0) is 90.8 Å². The van der Waals surface area contributed by atoms with Gasteiger partial charge in [0.2, 0.25) is 47.3 Å². The summed E-state index contributed by atoms with van der Waals surface area (Å²) in [6.07, 6.45) is 5.60. The molecule has 29 nitrogen and oxygen atoms in total. The van der Waals surface area contributed by atoms with Crippen molar-refractivity contribution in [2.24, 2.45) is 45.1 Å². The summed E-state index contributed by atoms with van der Waals surface area (Å²) in [4.78, 5) is 132. The Kier molecular flexibility index (Phi) is 28.1. The summed E-state index contributed by atoms with van der Waals surface area (Å²) < 4.78 is 0. The van der Waals surface area contributed by atoms with E-state index in [0.29, 0.717) is 44.3 Å². The first kappa shape index (κ1) is 61.3. The molecule has 1 aliphatic heterocycles. The number of nitrogens with one attached hydrogen (secondary N) is 8. The number of guanidine groups is 1. The Labute approximate surface area is 417 Å². The average molecular weight is 1020 g/mol. The second-order valence-corrected chi connectivity index (χ2v) is 17.1. The highest BCUT2D eigenvalue weighted by molar-refractivity contribution is 5.99. The van der Waals surface area contributed by atoms with Crippen LogP contribution in [-0.4, -0.2) is 178 Å². The minimum absolute atomic E-state index is 0.0425. The maximum atomic E-state index is 14.1. The van der Waals surface area contributed by atoms with Crippen LogP contribution in [0.3, 0.4) is 0 Å². The molecule has 0 radical (unpaired) electrons. The largest absolute Gasteiger partial charge is 0.477 e. The number of hydrogen-bond acceptors (Lipinski definition) is 17. The number of rotatable bonds is 34. The van der Waals surface area contributed by atoms with Gasteiger partial charge in [-0.25, -0.2) is 9.78 Å². The van der Waals surface area contributed by atoms with E-state index in [2.05, 4.69) is 52.2 Å². The number of hydrogen-bond donors (Lipinski definition) is 17. The topological polar surface area (TPSA) is 505 Å². The van der Waals surface area contributed by atoms with Crippen molar-refractivity contribution in [1.82, 2.24) is 52.1 Å². The van der Waals surface area contributed by atoms with Crippen molar-refractivity contribution in [3.8, 4) is 0 Å². The highest BCUT2D eigenvalue weighted by atomic mass is 16.4. The predicted octanol–water partition coefficient (Wildman–Crippen LogP) is -7.10. The molecule has 1 aliphatic rings. The normalized spacial score (nSPS) is 16.3. The second kappa shape index (κ2) is 33.0. The summed E-state index contributed by atoms with van der Waals surface area (Å²) >= 11 is 0. The van der Waals surface area contributed by atoms with Gasteiger partial charge in [-0.15, -0.1) is 0 Å². The lowest BCUT2D eigenvalue weighted by molar-refractivity contribution is -0.142. The van der Waals surface area contributed by atoms with Gasteiger partial charge >= 0.3 is 5.97 Å². The van der Waals surface area contributed by atoms with Crippen LogP contribution in [0.15, 0.2) is 29.3 Å². The average Bonchev–Trinajstić information content (AvgIpc) is 4.06. The van der Waals surface area contributed by atoms with Gasteiger partial charge < -0.3 is 97.5 Å². The van der Waals surface area contributed by atoms with E-state index in [1.807, 2.05) is 0 Å². The van der Waals surface area contributed by atoms with Crippen LogP contribution >= 0.6 is 0 Å². The van der Waals surface area contributed by atoms with Crippen molar-refractivity contribution in [3.05, 3.63) is 30.0 Å². The number of aromatic amines is 1. The standard InChI is InChI=1S/C43H76N18O11/c1-24(55-40(69)34(32(62)20-47)60-36(65)26(48)9-2-4-14-44)35(64)53-22-33(63)56-28(11-6-16-46)41(70)61-18-8-13-31(61)39(68)59-30(19-25-21-51-23-54-25)38(67)57-27(10-3-5-15-45)37(66)58-29(42(71)72)12-7-17-52-43(49)50/h12,21,23-24,26-28,30-32,34,62H,2-11,13-20,22,44-48H2,1H3,(H,51,54)(H,53,64)(H,55,69)(H,56,63)(H,57,67)(H,58,66)(H,59,68)(H,60,65)(H,71,72)(H4,49,50,52)/b29-12-/t24?,26-,27-,28+,30-,31-,32-,34-/m0/s1. The number of aliphatic hydroxyl groups is 1. The highest BCUT2D eigenvalue weighted by Gasteiger charge is 2.39. The van der Waals surface area contributed by atoms with Crippen molar-refractivity contribution in [1.29, 1.82) is 0 Å². The molecule has 24 N–H and O–H groups in total. The molecule has 2 rings (SSSR count). The summed E-state index contributed by atoms with van der Waals surface area (Å²) in [5.41, 5.74) is 39.0. The number of likely N-dealkylation sites (tertiary alicyclic amines) is 1. The molecule has 8 atom stereocenters. The van der Waals surface area contributed by atoms with Gasteiger partial charge in [0, 0.05) is 37.9 Å². The third-order valence-corrected chi connectivity index (χ3v) is 11.3. The molecule has 72 heavy (non-hydrogen) atoms. The van der Waals surface area contributed by atoms with E-state index in [4.69, 9.17) is 40.1 Å². The van der Waals surface area contributed by atoms with Crippen molar-refractivity contribution < 1.29 is 53.4 Å². The Balaban J connectivity index is 2.20. The zero-order chi connectivity index (χ0) is 53.8. The van der Waals surface area contributed by atoms with E-state index in [0.717, 1.165) is 0 Å². The van der Waals surface area contributed by atoms with Crippen molar-refractivity contribution in [2.45, 2.75) is 132 Å². The van der Waals surface area contributed by atoms with Gasteiger partial charge in [0.15, 0.2) is 5.96 Å². The fourth-order valence-corrected chi connectivity index (χ4v) is 7.33. The molecular formula is C43H76N18O11. The van der Waals surface area contributed by atoms with Crippen LogP contribution in [0.25, 0.3) is 0 Å². The number of amides is 8. The molecular weight excluding hydrogens is 945 g/mol. The number of imidazole rings is 1. The number of carbonyl (C=O) groups is 9. The van der Waals surface area contributed by atoms with E-state index in [1.165, 1.54) is 30.4 Å². The third-order valence-electron chi connectivity index (χ3n) is 11.3. The molecule has 404 valence electrons. The molecule has 8 amide bonds. The molecule has 1 unspecified atom stereocenters. The van der Waals surface area contributed by atoms with Crippen LogP contribution in [0, 0.1) is 0 Å². The van der Waals surface area contributed by atoms with Gasteiger partial charge in [0.1, 0.15) is 41.9 Å². The zero-order valence-electron chi connectivity index (χ0n) is 40.7. The Bertz CT molecular complexity index is 2000. The SMILES string of the molecule is CC(NC(=O)[C@@H](NC(=O)[C@@H](N)CCCCN)[C@@H](O)CN)C(=O)NCC(=O)N[C@H](CCCN)C(=O)N1CCC[C@H]1C(=O)N[C@@H](Cc1cnc[nH]1)C(=O)N[C@@H](CCCCN)C(=O)N/C(=C\CCN=C(N)N)C(=O)O. The highest BCUT2D eigenvalue weighted by Crippen LogP contribution is 2.20. The number of nitrogens with zero attached hydrogens (tertiary/aromatic N) is 3. The molecule has 1 aromatic rings. The van der Waals surface area contributed by atoms with Crippen LogP contribution < -0.4 is 77.4 Å². The maximum absolute atomic E-state index is 14.1. The van der Waals surface area contributed by atoms with Gasteiger partial charge in [0.05, 0.1) is 25.0 Å². The fraction of sp³-hybridized carbons (Fsp3) is 0.651.